The number of hydrogen-bond acceptors (Lipinski definition) is 8. The van der Waals surface area contributed by atoms with Gasteiger partial charge in [-0.2, -0.15) is 0 Å². The molecule has 1 amide bonds. The van der Waals surface area contributed by atoms with E-state index in [4.69, 9.17) is 4.74 Å². The summed E-state index contributed by atoms with van der Waals surface area (Å²) in [6, 6.07) is 4.28. The summed E-state index contributed by atoms with van der Waals surface area (Å²) in [6.07, 6.45) is 0.166. The third-order valence-electron chi connectivity index (χ3n) is 5.37. The van der Waals surface area contributed by atoms with E-state index in [9.17, 15) is 27.6 Å². The molecule has 0 radical (unpaired) electrons. The molecule has 33 heavy (non-hydrogen) atoms. The Morgan fingerprint density at radius 3 is 2.70 bits per heavy atom. The standard InChI is InChI=1S/C21H21N3O7S2/c1-3-24-19(26)12-6-5-11(9-14(12)22-21(24)28)17(25)23-18-16(20(27)31-4-2)13-7-8-33(29,30)10-15(13)32-18/h5-6,9H,3-4,7-8,10H2,1-2H3,(H,22,28)(H,23,25). The Hall–Kier alpha value is -3.25. The van der Waals surface area contributed by atoms with Crippen LogP contribution >= 0.6 is 11.3 Å². The molecule has 174 valence electrons. The minimum Gasteiger partial charge on any atom is -0.462 e. The van der Waals surface area contributed by atoms with Crippen molar-refractivity contribution < 1.29 is 22.7 Å². The quantitative estimate of drug-likeness (QED) is 0.517. The van der Waals surface area contributed by atoms with Gasteiger partial charge in [0.1, 0.15) is 5.00 Å². The second-order valence-corrected chi connectivity index (χ2v) is 10.8. The first kappa shape index (κ1) is 22.9. The van der Waals surface area contributed by atoms with Crippen molar-refractivity contribution in [2.45, 2.75) is 32.6 Å². The van der Waals surface area contributed by atoms with Crippen molar-refractivity contribution in [3.8, 4) is 0 Å². The van der Waals surface area contributed by atoms with Gasteiger partial charge in [0.25, 0.3) is 11.5 Å². The first-order valence-corrected chi connectivity index (χ1v) is 12.9. The second-order valence-electron chi connectivity index (χ2n) is 7.46. The van der Waals surface area contributed by atoms with Crippen molar-refractivity contribution in [2.75, 3.05) is 17.7 Å². The van der Waals surface area contributed by atoms with Gasteiger partial charge in [0.05, 0.1) is 34.6 Å². The molecule has 0 saturated carbocycles. The molecule has 0 atom stereocenters. The third-order valence-corrected chi connectivity index (χ3v) is 8.26. The lowest BCUT2D eigenvalue weighted by Crippen LogP contribution is -2.34. The lowest BCUT2D eigenvalue weighted by atomic mass is 10.1. The number of aromatic amines is 1. The average Bonchev–Trinajstić information content (AvgIpc) is 3.09. The average molecular weight is 492 g/mol. The molecule has 4 rings (SSSR count). The number of sulfone groups is 1. The number of amides is 1. The molecule has 3 aromatic rings. The van der Waals surface area contributed by atoms with Crippen LogP contribution in [0.25, 0.3) is 10.9 Å². The lowest BCUT2D eigenvalue weighted by molar-refractivity contribution is 0.0527. The van der Waals surface area contributed by atoms with Crippen LogP contribution in [0.3, 0.4) is 0 Å². The summed E-state index contributed by atoms with van der Waals surface area (Å²) in [7, 11) is -3.28. The molecule has 1 aliphatic rings. The number of H-pyrrole nitrogens is 1. The summed E-state index contributed by atoms with van der Waals surface area (Å²) in [5, 5.41) is 3.14. The van der Waals surface area contributed by atoms with Gasteiger partial charge in [-0.25, -0.2) is 18.0 Å². The van der Waals surface area contributed by atoms with Crippen molar-refractivity contribution in [1.82, 2.24) is 9.55 Å². The zero-order valence-corrected chi connectivity index (χ0v) is 19.5. The van der Waals surface area contributed by atoms with Crippen molar-refractivity contribution >= 4 is 49.0 Å². The number of benzene rings is 1. The molecule has 0 saturated heterocycles. The number of anilines is 1. The van der Waals surface area contributed by atoms with Gasteiger partial charge >= 0.3 is 11.7 Å². The Balaban J connectivity index is 1.73. The molecule has 0 fully saturated rings. The van der Waals surface area contributed by atoms with E-state index in [1.54, 1.807) is 13.8 Å². The number of thiophene rings is 1. The Morgan fingerprint density at radius 2 is 2.00 bits per heavy atom. The van der Waals surface area contributed by atoms with Crippen molar-refractivity contribution in [3.63, 3.8) is 0 Å². The molecule has 0 spiro atoms. The fourth-order valence-electron chi connectivity index (χ4n) is 3.79. The van der Waals surface area contributed by atoms with Gasteiger partial charge in [-0.3, -0.25) is 14.2 Å². The number of fused-ring (bicyclic) bond motifs is 2. The molecular formula is C21H21N3O7S2. The molecule has 0 bridgehead atoms. The van der Waals surface area contributed by atoms with Crippen molar-refractivity contribution in [1.29, 1.82) is 0 Å². The number of esters is 1. The molecular weight excluding hydrogens is 470 g/mol. The predicted molar refractivity (Wildman–Crippen MR) is 124 cm³/mol. The highest BCUT2D eigenvalue weighted by Crippen LogP contribution is 2.38. The number of carbonyl (C=O) groups excluding carboxylic acids is 2. The predicted octanol–water partition coefficient (Wildman–Crippen LogP) is 1.67. The largest absolute Gasteiger partial charge is 0.462 e. The highest BCUT2D eigenvalue weighted by Gasteiger charge is 2.32. The Kier molecular flexibility index (Phi) is 5.97. The van der Waals surface area contributed by atoms with E-state index in [0.717, 1.165) is 15.9 Å². The van der Waals surface area contributed by atoms with E-state index in [2.05, 4.69) is 10.3 Å². The molecule has 2 aromatic heterocycles. The van der Waals surface area contributed by atoms with Crippen LogP contribution in [0.2, 0.25) is 0 Å². The smallest absolute Gasteiger partial charge is 0.341 e. The molecule has 3 heterocycles. The highest BCUT2D eigenvalue weighted by molar-refractivity contribution is 7.90. The zero-order valence-electron chi connectivity index (χ0n) is 17.9. The zero-order chi connectivity index (χ0) is 23.9. The SMILES string of the molecule is CCOC(=O)c1c(NC(=O)c2ccc3c(=O)n(CC)c(=O)[nH]c3c2)sc2c1CCS(=O)(=O)C2. The minimum absolute atomic E-state index is 0.0795. The van der Waals surface area contributed by atoms with E-state index in [1.165, 1.54) is 18.2 Å². The first-order valence-electron chi connectivity index (χ1n) is 10.3. The number of ether oxygens (including phenoxy) is 1. The lowest BCUT2D eigenvalue weighted by Gasteiger charge is -2.13. The van der Waals surface area contributed by atoms with Gasteiger partial charge in [-0.1, -0.05) is 0 Å². The molecule has 1 aromatic carbocycles. The topological polar surface area (TPSA) is 144 Å². The summed E-state index contributed by atoms with van der Waals surface area (Å²) in [5.41, 5.74) is 0.0704. The first-order chi connectivity index (χ1) is 15.6. The van der Waals surface area contributed by atoms with E-state index in [0.29, 0.717) is 10.4 Å². The fourth-order valence-corrected chi connectivity index (χ4v) is 6.82. The fraction of sp³-hybridized carbons (Fsp3) is 0.333. The maximum atomic E-state index is 13.0. The summed E-state index contributed by atoms with van der Waals surface area (Å²) in [5.74, 6) is -1.49. The summed E-state index contributed by atoms with van der Waals surface area (Å²) < 4.78 is 30.3. The van der Waals surface area contributed by atoms with Crippen LogP contribution in [0, 0.1) is 0 Å². The molecule has 10 nitrogen and oxygen atoms in total. The Labute approximate surface area is 192 Å². The van der Waals surface area contributed by atoms with Crippen LogP contribution in [-0.4, -0.2) is 42.2 Å². The third kappa shape index (κ3) is 4.23. The van der Waals surface area contributed by atoms with Gasteiger partial charge in [-0.05, 0) is 44.0 Å². The maximum absolute atomic E-state index is 13.0. The van der Waals surface area contributed by atoms with Crippen molar-refractivity contribution in [2.24, 2.45) is 0 Å². The van der Waals surface area contributed by atoms with Crippen LogP contribution < -0.4 is 16.6 Å². The highest BCUT2D eigenvalue weighted by atomic mass is 32.2. The molecule has 2 N–H and O–H groups in total. The molecule has 0 unspecified atom stereocenters. The maximum Gasteiger partial charge on any atom is 0.341 e. The summed E-state index contributed by atoms with van der Waals surface area (Å²) in [6.45, 7) is 3.67. The van der Waals surface area contributed by atoms with E-state index in [-0.39, 0.29) is 58.1 Å². The normalized spacial score (nSPS) is 14.6. The molecule has 1 aliphatic heterocycles. The Morgan fingerprint density at radius 1 is 1.24 bits per heavy atom. The van der Waals surface area contributed by atoms with Crippen LogP contribution in [0.1, 0.15) is 45.0 Å². The second kappa shape index (κ2) is 8.60. The Bertz CT molecular complexity index is 1510. The van der Waals surface area contributed by atoms with Crippen LogP contribution in [0.15, 0.2) is 27.8 Å². The van der Waals surface area contributed by atoms with E-state index < -0.39 is 33.0 Å². The van der Waals surface area contributed by atoms with Crippen molar-refractivity contribution in [3.05, 3.63) is 60.6 Å². The van der Waals surface area contributed by atoms with Gasteiger partial charge in [-0.15, -0.1) is 11.3 Å². The number of carbonyl (C=O) groups is 2. The number of nitrogens with one attached hydrogen (secondary N) is 2. The number of hydrogen-bond donors (Lipinski definition) is 2. The number of rotatable bonds is 5. The number of aromatic nitrogens is 2. The van der Waals surface area contributed by atoms with Gasteiger partial charge in [0, 0.05) is 17.0 Å². The molecule has 12 heteroatoms. The van der Waals surface area contributed by atoms with E-state index >= 15 is 0 Å². The van der Waals surface area contributed by atoms with Crippen LogP contribution in [0.4, 0.5) is 5.00 Å². The van der Waals surface area contributed by atoms with Gasteiger partial charge < -0.3 is 15.0 Å². The van der Waals surface area contributed by atoms with Crippen LogP contribution in [0.5, 0.6) is 0 Å². The van der Waals surface area contributed by atoms with Crippen LogP contribution in [-0.2, 0) is 33.3 Å². The minimum atomic E-state index is -3.28. The van der Waals surface area contributed by atoms with E-state index in [1.807, 2.05) is 0 Å². The summed E-state index contributed by atoms with van der Waals surface area (Å²) in [4.78, 5) is 53.2. The van der Waals surface area contributed by atoms with Gasteiger partial charge in [0.15, 0.2) is 9.84 Å². The summed E-state index contributed by atoms with van der Waals surface area (Å²) >= 11 is 1.03. The molecule has 0 aliphatic carbocycles. The monoisotopic (exact) mass is 491 g/mol. The number of nitrogens with zero attached hydrogens (tertiary/aromatic N) is 1. The van der Waals surface area contributed by atoms with Gasteiger partial charge in [0.2, 0.25) is 0 Å².